The lowest BCUT2D eigenvalue weighted by Gasteiger charge is -2.04. The lowest BCUT2D eigenvalue weighted by atomic mass is 10.2. The fourth-order valence-corrected chi connectivity index (χ4v) is 2.45. The van der Waals surface area contributed by atoms with E-state index in [1.807, 2.05) is 0 Å². The van der Waals surface area contributed by atoms with E-state index in [-0.39, 0.29) is 10.9 Å². The monoisotopic (exact) mass is 325 g/mol. The lowest BCUT2D eigenvalue weighted by molar-refractivity contribution is -0.131. The summed E-state index contributed by atoms with van der Waals surface area (Å²) in [7, 11) is 0. The third-order valence-electron chi connectivity index (χ3n) is 2.45. The Morgan fingerprint density at radius 2 is 2.10 bits per heavy atom. The van der Waals surface area contributed by atoms with Gasteiger partial charge in [-0.2, -0.15) is 0 Å². The predicted molar refractivity (Wildman–Crippen MR) is 80.4 cm³/mol. The van der Waals surface area contributed by atoms with Gasteiger partial charge in [0.25, 0.3) is 5.91 Å². The number of amides is 1. The second kappa shape index (κ2) is 6.51. The fourth-order valence-electron chi connectivity index (χ4n) is 1.49. The first-order chi connectivity index (χ1) is 9.95. The zero-order valence-electron chi connectivity index (χ0n) is 10.5. The van der Waals surface area contributed by atoms with Crippen LogP contribution in [-0.2, 0) is 4.79 Å². The van der Waals surface area contributed by atoms with Crippen molar-refractivity contribution in [2.45, 2.75) is 0 Å². The number of carboxylic acids is 1. The van der Waals surface area contributed by atoms with E-state index in [1.54, 1.807) is 11.4 Å². The molecule has 1 amide bonds. The first kappa shape index (κ1) is 15.2. The minimum absolute atomic E-state index is 0.0804. The van der Waals surface area contributed by atoms with Crippen molar-refractivity contribution in [1.29, 1.82) is 0 Å². The van der Waals surface area contributed by atoms with Crippen LogP contribution >= 0.6 is 22.9 Å². The molecule has 2 aromatic rings. The van der Waals surface area contributed by atoms with Crippen LogP contribution in [0.3, 0.4) is 0 Å². The summed E-state index contributed by atoms with van der Waals surface area (Å²) in [6.45, 7) is 0. The first-order valence-electron chi connectivity index (χ1n) is 5.71. The molecule has 0 unspecified atom stereocenters. The number of halogens is 2. The average molecular weight is 326 g/mol. The van der Waals surface area contributed by atoms with Crippen LogP contribution in [0.2, 0.25) is 5.02 Å². The third kappa shape index (κ3) is 4.14. The summed E-state index contributed by atoms with van der Waals surface area (Å²) in [6, 6.07) is 5.43. The van der Waals surface area contributed by atoms with Crippen LogP contribution in [0, 0.1) is 5.82 Å². The number of carbonyl (C=O) groups is 2. The van der Waals surface area contributed by atoms with Gasteiger partial charge in [-0.25, -0.2) is 9.18 Å². The van der Waals surface area contributed by atoms with Gasteiger partial charge in [0, 0.05) is 22.0 Å². The molecule has 0 aliphatic heterocycles. The zero-order valence-corrected chi connectivity index (χ0v) is 12.0. The van der Waals surface area contributed by atoms with Crippen LogP contribution in [0.15, 0.2) is 35.7 Å². The Labute approximate surface area is 128 Å². The molecule has 0 spiro atoms. The molecule has 7 heteroatoms. The topological polar surface area (TPSA) is 66.4 Å². The maximum absolute atomic E-state index is 13.0. The van der Waals surface area contributed by atoms with Crippen LogP contribution in [0.1, 0.15) is 15.2 Å². The van der Waals surface area contributed by atoms with Crippen LogP contribution in [0.4, 0.5) is 10.1 Å². The molecule has 2 N–H and O–H groups in total. The summed E-state index contributed by atoms with van der Waals surface area (Å²) >= 11 is 6.87. The van der Waals surface area contributed by atoms with E-state index < -0.39 is 11.8 Å². The third-order valence-corrected chi connectivity index (χ3v) is 3.64. The molecular formula is C14H9ClFNO3S. The number of hydrogen-bond donors (Lipinski definition) is 2. The predicted octanol–water partition coefficient (Wildman–Crippen LogP) is 3.89. The molecule has 1 aromatic heterocycles. The SMILES string of the molecule is O=C(O)C=Cc1cc(C(=O)Nc2ccc(F)c(Cl)c2)cs1. The van der Waals surface area contributed by atoms with Gasteiger partial charge < -0.3 is 10.4 Å². The van der Waals surface area contributed by atoms with Gasteiger partial charge in [-0.3, -0.25) is 4.79 Å². The van der Waals surface area contributed by atoms with Gasteiger partial charge in [-0.05, 0) is 30.3 Å². The first-order valence-corrected chi connectivity index (χ1v) is 6.97. The Morgan fingerprint density at radius 3 is 2.76 bits per heavy atom. The molecule has 0 bridgehead atoms. The lowest BCUT2D eigenvalue weighted by Crippen LogP contribution is -2.10. The number of rotatable bonds is 4. The van der Waals surface area contributed by atoms with E-state index in [0.29, 0.717) is 16.1 Å². The summed E-state index contributed by atoms with van der Waals surface area (Å²) in [6.07, 6.45) is 2.39. The van der Waals surface area contributed by atoms with Gasteiger partial charge in [-0.15, -0.1) is 11.3 Å². The fraction of sp³-hybridized carbons (Fsp3) is 0. The number of aliphatic carboxylic acids is 1. The Bertz CT molecular complexity index is 727. The van der Waals surface area contributed by atoms with Crippen molar-refractivity contribution in [3.05, 3.63) is 57.0 Å². The molecule has 4 nitrogen and oxygen atoms in total. The molecule has 0 aliphatic rings. The van der Waals surface area contributed by atoms with Crippen molar-refractivity contribution in [2.24, 2.45) is 0 Å². The molecule has 1 heterocycles. The molecule has 0 saturated carbocycles. The van der Waals surface area contributed by atoms with E-state index in [2.05, 4.69) is 5.32 Å². The van der Waals surface area contributed by atoms with Crippen molar-refractivity contribution in [2.75, 3.05) is 5.32 Å². The number of benzene rings is 1. The second-order valence-electron chi connectivity index (χ2n) is 3.99. The van der Waals surface area contributed by atoms with Crippen LogP contribution < -0.4 is 5.32 Å². The van der Waals surface area contributed by atoms with Crippen molar-refractivity contribution in [1.82, 2.24) is 0 Å². The van der Waals surface area contributed by atoms with Gasteiger partial charge in [-0.1, -0.05) is 11.6 Å². The van der Waals surface area contributed by atoms with Gasteiger partial charge in [0.15, 0.2) is 0 Å². The highest BCUT2D eigenvalue weighted by atomic mass is 35.5. The van der Waals surface area contributed by atoms with E-state index in [9.17, 15) is 14.0 Å². The molecule has 21 heavy (non-hydrogen) atoms. The number of carbonyl (C=O) groups excluding carboxylic acids is 1. The Kier molecular flexibility index (Phi) is 4.72. The number of thiophene rings is 1. The molecule has 1 aromatic carbocycles. The number of anilines is 1. The van der Waals surface area contributed by atoms with Crippen molar-refractivity contribution < 1.29 is 19.1 Å². The van der Waals surface area contributed by atoms with E-state index in [0.717, 1.165) is 12.1 Å². The Morgan fingerprint density at radius 1 is 1.33 bits per heavy atom. The van der Waals surface area contributed by atoms with Gasteiger partial charge in [0.2, 0.25) is 0 Å². The van der Waals surface area contributed by atoms with E-state index in [1.165, 1.54) is 29.5 Å². The van der Waals surface area contributed by atoms with E-state index in [4.69, 9.17) is 16.7 Å². The van der Waals surface area contributed by atoms with Crippen molar-refractivity contribution in [3.63, 3.8) is 0 Å². The number of carboxylic acid groups (broad SMARTS) is 1. The zero-order chi connectivity index (χ0) is 15.4. The highest BCUT2D eigenvalue weighted by Gasteiger charge is 2.09. The van der Waals surface area contributed by atoms with Crippen molar-refractivity contribution in [3.8, 4) is 0 Å². The smallest absolute Gasteiger partial charge is 0.328 e. The second-order valence-corrected chi connectivity index (χ2v) is 5.34. The molecule has 0 aliphatic carbocycles. The highest BCUT2D eigenvalue weighted by molar-refractivity contribution is 7.11. The molecule has 108 valence electrons. The minimum Gasteiger partial charge on any atom is -0.478 e. The molecule has 2 rings (SSSR count). The summed E-state index contributed by atoms with van der Waals surface area (Å²) in [5.41, 5.74) is 0.755. The molecule has 0 atom stereocenters. The molecule has 0 radical (unpaired) electrons. The summed E-state index contributed by atoms with van der Waals surface area (Å²) in [4.78, 5) is 23.0. The minimum atomic E-state index is -1.06. The average Bonchev–Trinajstić information content (AvgIpc) is 2.89. The Balaban J connectivity index is 2.10. The van der Waals surface area contributed by atoms with Gasteiger partial charge in [0.1, 0.15) is 5.82 Å². The number of nitrogens with one attached hydrogen (secondary N) is 1. The summed E-state index contributed by atoms with van der Waals surface area (Å²) in [5, 5.41) is 12.6. The highest BCUT2D eigenvalue weighted by Crippen LogP contribution is 2.21. The van der Waals surface area contributed by atoms with Crippen LogP contribution in [0.25, 0.3) is 6.08 Å². The maximum atomic E-state index is 13.0. The van der Waals surface area contributed by atoms with Gasteiger partial charge in [0.05, 0.1) is 10.6 Å². The normalized spacial score (nSPS) is 10.8. The molecule has 0 saturated heterocycles. The summed E-state index contributed by atoms with van der Waals surface area (Å²) < 4.78 is 13.0. The quantitative estimate of drug-likeness (QED) is 0.838. The molecule has 0 fully saturated rings. The molecular weight excluding hydrogens is 317 g/mol. The Hall–Kier alpha value is -2.18. The van der Waals surface area contributed by atoms with Crippen LogP contribution in [-0.4, -0.2) is 17.0 Å². The standard InChI is InChI=1S/C14H9ClFNO3S/c15-11-6-9(1-3-12(11)16)17-14(20)8-5-10(21-7-8)2-4-13(18)19/h1-7H,(H,17,20)(H,18,19). The largest absolute Gasteiger partial charge is 0.478 e. The van der Waals surface area contributed by atoms with Crippen LogP contribution in [0.5, 0.6) is 0 Å². The van der Waals surface area contributed by atoms with E-state index >= 15 is 0 Å². The van der Waals surface area contributed by atoms with Gasteiger partial charge >= 0.3 is 5.97 Å². The van der Waals surface area contributed by atoms with Crippen molar-refractivity contribution >= 4 is 46.6 Å². The summed E-state index contributed by atoms with van der Waals surface area (Å²) in [5.74, 6) is -2.01. The number of hydrogen-bond acceptors (Lipinski definition) is 3. The maximum Gasteiger partial charge on any atom is 0.328 e.